The predicted octanol–water partition coefficient (Wildman–Crippen LogP) is -0.0323. The summed E-state index contributed by atoms with van der Waals surface area (Å²) in [4.78, 5) is 13.7. The highest BCUT2D eigenvalue weighted by Gasteiger charge is 2.23. The van der Waals surface area contributed by atoms with Gasteiger partial charge in [-0.05, 0) is 26.7 Å². The highest BCUT2D eigenvalue weighted by molar-refractivity contribution is 5.81. The summed E-state index contributed by atoms with van der Waals surface area (Å²) in [6.07, 6.45) is 2.24. The van der Waals surface area contributed by atoms with Gasteiger partial charge >= 0.3 is 0 Å². The fourth-order valence-electron chi connectivity index (χ4n) is 1.76. The molecule has 0 aliphatic carbocycles. The monoisotopic (exact) mass is 200 g/mol. The normalized spacial score (nSPS) is 20.9. The van der Waals surface area contributed by atoms with Crippen LogP contribution in [0.2, 0.25) is 0 Å². The van der Waals surface area contributed by atoms with Crippen LogP contribution < -0.4 is 5.32 Å². The van der Waals surface area contributed by atoms with Crippen molar-refractivity contribution in [3.8, 4) is 0 Å². The molecule has 0 saturated carbocycles. The van der Waals surface area contributed by atoms with E-state index in [1.165, 1.54) is 0 Å². The number of nitrogens with zero attached hydrogens (tertiary/aromatic N) is 1. The van der Waals surface area contributed by atoms with Gasteiger partial charge in [-0.3, -0.25) is 4.79 Å². The number of aliphatic hydroxyl groups excluding tert-OH is 1. The summed E-state index contributed by atoms with van der Waals surface area (Å²) in [5.74, 6) is 0.155. The van der Waals surface area contributed by atoms with Crippen molar-refractivity contribution in [2.75, 3.05) is 19.7 Å². The van der Waals surface area contributed by atoms with Gasteiger partial charge in [-0.15, -0.1) is 0 Å². The van der Waals surface area contributed by atoms with Gasteiger partial charge in [-0.2, -0.15) is 0 Å². The molecule has 1 rings (SSSR count). The molecule has 0 aromatic rings. The summed E-state index contributed by atoms with van der Waals surface area (Å²) in [5.41, 5.74) is 0. The molecule has 0 radical (unpaired) electrons. The molecular formula is C10H20N2O2. The van der Waals surface area contributed by atoms with Gasteiger partial charge in [0.15, 0.2) is 0 Å². The predicted molar refractivity (Wildman–Crippen MR) is 55.0 cm³/mol. The lowest BCUT2D eigenvalue weighted by Crippen LogP contribution is -2.47. The van der Waals surface area contributed by atoms with Crippen molar-refractivity contribution < 1.29 is 9.90 Å². The lowest BCUT2D eigenvalue weighted by atomic mass is 10.2. The Morgan fingerprint density at radius 3 is 2.50 bits per heavy atom. The van der Waals surface area contributed by atoms with Crippen LogP contribution in [-0.4, -0.2) is 47.7 Å². The van der Waals surface area contributed by atoms with E-state index in [1.54, 1.807) is 0 Å². The van der Waals surface area contributed by atoms with E-state index < -0.39 is 0 Å². The molecule has 1 aliphatic heterocycles. The minimum Gasteiger partial charge on any atom is -0.395 e. The Morgan fingerprint density at radius 2 is 2.00 bits per heavy atom. The fourth-order valence-corrected chi connectivity index (χ4v) is 1.76. The van der Waals surface area contributed by atoms with Crippen LogP contribution in [0, 0.1) is 0 Å². The number of amides is 1. The van der Waals surface area contributed by atoms with E-state index in [0.29, 0.717) is 0 Å². The van der Waals surface area contributed by atoms with Crippen molar-refractivity contribution in [2.45, 2.75) is 38.8 Å². The molecular weight excluding hydrogens is 180 g/mol. The number of rotatable bonds is 4. The summed E-state index contributed by atoms with van der Waals surface area (Å²) in [7, 11) is 0. The topological polar surface area (TPSA) is 52.6 Å². The maximum absolute atomic E-state index is 11.8. The third-order valence-corrected chi connectivity index (χ3v) is 2.60. The molecule has 2 unspecified atom stereocenters. The highest BCUT2D eigenvalue weighted by atomic mass is 16.3. The van der Waals surface area contributed by atoms with Gasteiger partial charge in [0.2, 0.25) is 5.91 Å². The van der Waals surface area contributed by atoms with Crippen LogP contribution in [0.4, 0.5) is 0 Å². The largest absolute Gasteiger partial charge is 0.395 e. The van der Waals surface area contributed by atoms with Gasteiger partial charge in [0.1, 0.15) is 0 Å². The number of carbonyl (C=O) groups excluding carboxylic acids is 1. The van der Waals surface area contributed by atoms with Crippen LogP contribution in [0.1, 0.15) is 26.7 Å². The maximum Gasteiger partial charge on any atom is 0.239 e. The zero-order valence-corrected chi connectivity index (χ0v) is 8.99. The number of hydrogen-bond donors (Lipinski definition) is 2. The molecule has 1 aliphatic rings. The quantitative estimate of drug-likeness (QED) is 0.670. The Kier molecular flexibility index (Phi) is 4.35. The van der Waals surface area contributed by atoms with E-state index in [1.807, 2.05) is 18.7 Å². The van der Waals surface area contributed by atoms with Crippen molar-refractivity contribution in [2.24, 2.45) is 0 Å². The molecule has 2 N–H and O–H groups in total. The van der Waals surface area contributed by atoms with E-state index in [4.69, 9.17) is 5.11 Å². The van der Waals surface area contributed by atoms with Crippen molar-refractivity contribution >= 4 is 5.91 Å². The molecule has 1 fully saturated rings. The number of nitrogens with one attached hydrogen (secondary N) is 1. The first-order valence-corrected chi connectivity index (χ1v) is 5.31. The summed E-state index contributed by atoms with van der Waals surface area (Å²) in [6.45, 7) is 5.56. The molecule has 1 amide bonds. The summed E-state index contributed by atoms with van der Waals surface area (Å²) >= 11 is 0. The van der Waals surface area contributed by atoms with Crippen LogP contribution in [-0.2, 0) is 4.79 Å². The first-order chi connectivity index (χ1) is 6.65. The van der Waals surface area contributed by atoms with E-state index in [-0.39, 0.29) is 24.6 Å². The molecule has 4 heteroatoms. The Bertz CT molecular complexity index is 191. The average Bonchev–Trinajstić information content (AvgIpc) is 2.69. The smallest absolute Gasteiger partial charge is 0.239 e. The lowest BCUT2D eigenvalue weighted by molar-refractivity contribution is -0.132. The van der Waals surface area contributed by atoms with Crippen molar-refractivity contribution in [1.82, 2.24) is 10.2 Å². The molecule has 1 heterocycles. The summed E-state index contributed by atoms with van der Waals surface area (Å²) in [6, 6.07) is -0.202. The Morgan fingerprint density at radius 1 is 1.43 bits per heavy atom. The SMILES string of the molecule is CC(CO)NC(C)C(=O)N1CCCC1. The number of hydrogen-bond acceptors (Lipinski definition) is 3. The third-order valence-electron chi connectivity index (χ3n) is 2.60. The molecule has 82 valence electrons. The van der Waals surface area contributed by atoms with Gasteiger partial charge < -0.3 is 15.3 Å². The van der Waals surface area contributed by atoms with Gasteiger partial charge in [0, 0.05) is 19.1 Å². The second-order valence-electron chi connectivity index (χ2n) is 4.00. The van der Waals surface area contributed by atoms with E-state index >= 15 is 0 Å². The van der Waals surface area contributed by atoms with E-state index in [0.717, 1.165) is 25.9 Å². The molecule has 1 saturated heterocycles. The van der Waals surface area contributed by atoms with Crippen LogP contribution >= 0.6 is 0 Å². The minimum atomic E-state index is -0.185. The van der Waals surface area contributed by atoms with Gasteiger partial charge in [0.05, 0.1) is 12.6 Å². The fraction of sp³-hybridized carbons (Fsp3) is 0.900. The molecule has 0 bridgehead atoms. The van der Waals surface area contributed by atoms with Gasteiger partial charge in [0.25, 0.3) is 0 Å². The summed E-state index contributed by atoms with van der Waals surface area (Å²) < 4.78 is 0. The maximum atomic E-state index is 11.8. The second-order valence-corrected chi connectivity index (χ2v) is 4.00. The minimum absolute atomic E-state index is 0.0171. The second kappa shape index (κ2) is 5.32. The highest BCUT2D eigenvalue weighted by Crippen LogP contribution is 2.09. The third kappa shape index (κ3) is 2.96. The van der Waals surface area contributed by atoms with E-state index in [2.05, 4.69) is 5.32 Å². The Hall–Kier alpha value is -0.610. The van der Waals surface area contributed by atoms with Crippen LogP contribution in [0.25, 0.3) is 0 Å². The molecule has 14 heavy (non-hydrogen) atoms. The zero-order valence-electron chi connectivity index (χ0n) is 8.99. The molecule has 4 nitrogen and oxygen atoms in total. The molecule has 2 atom stereocenters. The first-order valence-electron chi connectivity index (χ1n) is 5.31. The number of carbonyl (C=O) groups is 1. The Labute approximate surface area is 85.3 Å². The van der Waals surface area contributed by atoms with Crippen molar-refractivity contribution in [1.29, 1.82) is 0 Å². The molecule has 0 aromatic carbocycles. The Balaban J connectivity index is 2.35. The van der Waals surface area contributed by atoms with Gasteiger partial charge in [-0.25, -0.2) is 0 Å². The average molecular weight is 200 g/mol. The molecule has 0 spiro atoms. The zero-order chi connectivity index (χ0) is 10.6. The van der Waals surface area contributed by atoms with E-state index in [9.17, 15) is 4.79 Å². The van der Waals surface area contributed by atoms with Crippen LogP contribution in [0.3, 0.4) is 0 Å². The van der Waals surface area contributed by atoms with Gasteiger partial charge in [-0.1, -0.05) is 0 Å². The lowest BCUT2D eigenvalue weighted by Gasteiger charge is -2.23. The van der Waals surface area contributed by atoms with Crippen LogP contribution in [0.15, 0.2) is 0 Å². The number of aliphatic hydroxyl groups is 1. The van der Waals surface area contributed by atoms with Crippen molar-refractivity contribution in [3.05, 3.63) is 0 Å². The first kappa shape index (κ1) is 11.5. The molecule has 0 aromatic heterocycles. The van der Waals surface area contributed by atoms with Crippen LogP contribution in [0.5, 0.6) is 0 Å². The standard InChI is InChI=1S/C10H20N2O2/c1-8(7-13)11-9(2)10(14)12-5-3-4-6-12/h8-9,11,13H,3-7H2,1-2H3. The number of likely N-dealkylation sites (tertiary alicyclic amines) is 1. The van der Waals surface area contributed by atoms with Crippen molar-refractivity contribution in [3.63, 3.8) is 0 Å². The summed E-state index contributed by atoms with van der Waals surface area (Å²) in [5, 5.41) is 11.9.